The van der Waals surface area contributed by atoms with Crippen LogP contribution in [-0.4, -0.2) is 36.3 Å². The fourth-order valence-electron chi connectivity index (χ4n) is 1.02. The Morgan fingerprint density at radius 1 is 1.92 bits per heavy atom. The van der Waals surface area contributed by atoms with E-state index in [-0.39, 0.29) is 13.3 Å². The van der Waals surface area contributed by atoms with Gasteiger partial charge in [-0.2, -0.15) is 0 Å². The summed E-state index contributed by atoms with van der Waals surface area (Å²) in [5, 5.41) is 0. The lowest BCUT2D eigenvalue weighted by Gasteiger charge is -2.15. The Bertz CT molecular complexity index is 238. The van der Waals surface area contributed by atoms with Crippen LogP contribution in [0, 0.1) is 0 Å². The third-order valence-corrected chi connectivity index (χ3v) is 1.65. The minimum atomic E-state index is -0.709. The SMILES string of the molecule is C=CC1C(=O)OCN1C(=O)OCC. The van der Waals surface area contributed by atoms with E-state index >= 15 is 0 Å². The molecular formula is C8H11NO4. The van der Waals surface area contributed by atoms with Gasteiger partial charge in [0.05, 0.1) is 6.61 Å². The van der Waals surface area contributed by atoms with Gasteiger partial charge in [0.15, 0.2) is 12.8 Å². The number of carbonyl (C=O) groups is 2. The molecule has 1 aliphatic rings. The molecule has 0 N–H and O–H groups in total. The fourth-order valence-corrected chi connectivity index (χ4v) is 1.02. The largest absolute Gasteiger partial charge is 0.450 e. The van der Waals surface area contributed by atoms with Crippen LogP contribution < -0.4 is 0 Å². The molecule has 1 heterocycles. The van der Waals surface area contributed by atoms with E-state index in [2.05, 4.69) is 11.3 Å². The van der Waals surface area contributed by atoms with Gasteiger partial charge in [-0.3, -0.25) is 4.90 Å². The van der Waals surface area contributed by atoms with Gasteiger partial charge in [-0.15, -0.1) is 6.58 Å². The van der Waals surface area contributed by atoms with E-state index in [0.29, 0.717) is 0 Å². The van der Waals surface area contributed by atoms with E-state index in [4.69, 9.17) is 4.74 Å². The normalized spacial score (nSPS) is 21.2. The molecule has 0 bridgehead atoms. The third kappa shape index (κ3) is 1.80. The molecule has 1 atom stereocenters. The van der Waals surface area contributed by atoms with Crippen LogP contribution in [-0.2, 0) is 14.3 Å². The first-order chi connectivity index (χ1) is 6.20. The highest BCUT2D eigenvalue weighted by Gasteiger charge is 2.36. The number of esters is 1. The number of rotatable bonds is 2. The van der Waals surface area contributed by atoms with Gasteiger partial charge in [0.2, 0.25) is 0 Å². The van der Waals surface area contributed by atoms with E-state index in [9.17, 15) is 9.59 Å². The standard InChI is InChI=1S/C8H11NO4/c1-3-6-7(10)13-5-9(6)8(11)12-4-2/h3,6H,1,4-5H2,2H3. The van der Waals surface area contributed by atoms with Crippen molar-refractivity contribution in [2.45, 2.75) is 13.0 Å². The van der Waals surface area contributed by atoms with Gasteiger partial charge in [-0.05, 0) is 6.92 Å². The number of cyclic esters (lactones) is 1. The first-order valence-electron chi connectivity index (χ1n) is 3.93. The van der Waals surface area contributed by atoms with Crippen LogP contribution in [0.3, 0.4) is 0 Å². The van der Waals surface area contributed by atoms with Crippen molar-refractivity contribution in [2.24, 2.45) is 0 Å². The lowest BCUT2D eigenvalue weighted by atomic mass is 10.3. The molecule has 1 aliphatic heterocycles. The van der Waals surface area contributed by atoms with Crippen LogP contribution in [0.1, 0.15) is 6.92 Å². The predicted octanol–water partition coefficient (Wildman–Crippen LogP) is 0.514. The fraction of sp³-hybridized carbons (Fsp3) is 0.500. The molecule has 0 aromatic carbocycles. The van der Waals surface area contributed by atoms with Crippen molar-refractivity contribution in [3.8, 4) is 0 Å². The number of nitrogens with zero attached hydrogens (tertiary/aromatic N) is 1. The van der Waals surface area contributed by atoms with Crippen molar-refractivity contribution >= 4 is 12.1 Å². The lowest BCUT2D eigenvalue weighted by Crippen LogP contribution is -2.37. The topological polar surface area (TPSA) is 55.8 Å². The first-order valence-corrected chi connectivity index (χ1v) is 3.93. The maximum atomic E-state index is 11.2. The van der Waals surface area contributed by atoms with Gasteiger partial charge >= 0.3 is 12.1 Å². The highest BCUT2D eigenvalue weighted by molar-refractivity contribution is 5.85. The van der Waals surface area contributed by atoms with Gasteiger partial charge in [0.25, 0.3) is 0 Å². The number of amides is 1. The van der Waals surface area contributed by atoms with Gasteiger partial charge < -0.3 is 9.47 Å². The highest BCUT2D eigenvalue weighted by Crippen LogP contribution is 2.13. The van der Waals surface area contributed by atoms with E-state index in [0.717, 1.165) is 0 Å². The molecule has 0 aromatic heterocycles. The number of carbonyl (C=O) groups excluding carboxylic acids is 2. The van der Waals surface area contributed by atoms with Gasteiger partial charge in [0.1, 0.15) is 0 Å². The minimum Gasteiger partial charge on any atom is -0.450 e. The summed E-state index contributed by atoms with van der Waals surface area (Å²) in [6, 6.07) is -0.709. The van der Waals surface area contributed by atoms with E-state index in [1.54, 1.807) is 6.92 Å². The molecule has 0 saturated carbocycles. The molecule has 1 rings (SSSR count). The zero-order valence-electron chi connectivity index (χ0n) is 7.36. The summed E-state index contributed by atoms with van der Waals surface area (Å²) in [4.78, 5) is 23.3. The molecule has 5 heteroatoms. The molecule has 5 nitrogen and oxygen atoms in total. The van der Waals surface area contributed by atoms with Crippen LogP contribution in [0.2, 0.25) is 0 Å². The molecule has 1 fully saturated rings. The third-order valence-electron chi connectivity index (χ3n) is 1.65. The molecule has 13 heavy (non-hydrogen) atoms. The summed E-state index contributed by atoms with van der Waals surface area (Å²) >= 11 is 0. The maximum absolute atomic E-state index is 11.2. The monoisotopic (exact) mass is 185 g/mol. The predicted molar refractivity (Wildman–Crippen MR) is 43.8 cm³/mol. The van der Waals surface area contributed by atoms with Crippen molar-refractivity contribution in [3.63, 3.8) is 0 Å². The minimum absolute atomic E-state index is 0.0612. The Kier molecular flexibility index (Phi) is 2.89. The Morgan fingerprint density at radius 2 is 2.62 bits per heavy atom. The van der Waals surface area contributed by atoms with Crippen LogP contribution in [0.15, 0.2) is 12.7 Å². The quantitative estimate of drug-likeness (QED) is 0.464. The number of hydrogen-bond donors (Lipinski definition) is 0. The van der Waals surface area contributed by atoms with Gasteiger partial charge in [-0.25, -0.2) is 9.59 Å². The zero-order chi connectivity index (χ0) is 9.84. The molecule has 0 spiro atoms. The summed E-state index contributed by atoms with van der Waals surface area (Å²) in [7, 11) is 0. The molecule has 1 amide bonds. The van der Waals surface area contributed by atoms with Crippen LogP contribution >= 0.6 is 0 Å². The van der Waals surface area contributed by atoms with Gasteiger partial charge in [-0.1, -0.05) is 6.08 Å². The Morgan fingerprint density at radius 3 is 3.15 bits per heavy atom. The van der Waals surface area contributed by atoms with Crippen molar-refractivity contribution in [3.05, 3.63) is 12.7 Å². The molecule has 1 unspecified atom stereocenters. The lowest BCUT2D eigenvalue weighted by molar-refractivity contribution is -0.138. The van der Waals surface area contributed by atoms with Crippen LogP contribution in [0.5, 0.6) is 0 Å². The second-order valence-corrected chi connectivity index (χ2v) is 2.44. The molecule has 0 aromatic rings. The van der Waals surface area contributed by atoms with Crippen molar-refractivity contribution in [1.82, 2.24) is 4.90 Å². The average Bonchev–Trinajstić information content (AvgIpc) is 2.47. The van der Waals surface area contributed by atoms with E-state index in [1.807, 2.05) is 0 Å². The summed E-state index contributed by atoms with van der Waals surface area (Å²) < 4.78 is 9.36. The summed E-state index contributed by atoms with van der Waals surface area (Å²) in [5.74, 6) is -0.469. The molecule has 0 radical (unpaired) electrons. The maximum Gasteiger partial charge on any atom is 0.413 e. The van der Waals surface area contributed by atoms with E-state index < -0.39 is 18.1 Å². The zero-order valence-corrected chi connectivity index (χ0v) is 7.36. The molecular weight excluding hydrogens is 174 g/mol. The second-order valence-electron chi connectivity index (χ2n) is 2.44. The Hall–Kier alpha value is -1.52. The Balaban J connectivity index is 2.64. The highest BCUT2D eigenvalue weighted by atomic mass is 16.6. The van der Waals surface area contributed by atoms with Crippen LogP contribution in [0.4, 0.5) is 4.79 Å². The number of ether oxygens (including phenoxy) is 2. The molecule has 1 saturated heterocycles. The summed E-state index contributed by atoms with van der Waals surface area (Å²) in [6.07, 6.45) is 0.796. The van der Waals surface area contributed by atoms with Crippen molar-refractivity contribution in [1.29, 1.82) is 0 Å². The smallest absolute Gasteiger partial charge is 0.413 e. The Labute approximate surface area is 75.9 Å². The van der Waals surface area contributed by atoms with E-state index in [1.165, 1.54) is 11.0 Å². The first kappa shape index (κ1) is 9.57. The summed E-state index contributed by atoms with van der Waals surface area (Å²) in [5.41, 5.74) is 0. The summed E-state index contributed by atoms with van der Waals surface area (Å²) in [6.45, 7) is 5.34. The van der Waals surface area contributed by atoms with Crippen molar-refractivity contribution in [2.75, 3.05) is 13.3 Å². The molecule has 0 aliphatic carbocycles. The van der Waals surface area contributed by atoms with Crippen LogP contribution in [0.25, 0.3) is 0 Å². The average molecular weight is 185 g/mol. The van der Waals surface area contributed by atoms with Crippen molar-refractivity contribution < 1.29 is 19.1 Å². The molecule has 72 valence electrons. The second kappa shape index (κ2) is 3.93. The number of hydrogen-bond acceptors (Lipinski definition) is 4. The van der Waals surface area contributed by atoms with Gasteiger partial charge in [0, 0.05) is 0 Å².